The highest BCUT2D eigenvalue weighted by Gasteiger charge is 2.21. The zero-order chi connectivity index (χ0) is 12.5. The molecule has 1 aromatic heterocycles. The highest BCUT2D eigenvalue weighted by Crippen LogP contribution is 2.24. The first-order valence-corrected chi connectivity index (χ1v) is 6.29. The van der Waals surface area contributed by atoms with Crippen molar-refractivity contribution in [3.05, 3.63) is 24.3 Å². The van der Waals surface area contributed by atoms with Gasteiger partial charge in [0.05, 0.1) is 11.0 Å². The Balaban J connectivity index is 2.39. The molecular weight excluding hydrogens is 210 g/mol. The molecule has 0 aliphatic heterocycles. The van der Waals surface area contributed by atoms with Crippen LogP contribution in [0.4, 0.5) is 5.95 Å². The van der Waals surface area contributed by atoms with E-state index in [0.29, 0.717) is 0 Å². The molecular formula is C14H21N3. The average molecular weight is 231 g/mol. The van der Waals surface area contributed by atoms with Gasteiger partial charge in [-0.25, -0.2) is 4.98 Å². The van der Waals surface area contributed by atoms with Crippen molar-refractivity contribution < 1.29 is 0 Å². The Bertz CT molecular complexity index is 509. The second-order valence-electron chi connectivity index (χ2n) is 4.88. The lowest BCUT2D eigenvalue weighted by Gasteiger charge is -2.28. The summed E-state index contributed by atoms with van der Waals surface area (Å²) in [7, 11) is 2.06. The standard InChI is InChI=1S/C14H21N3/c1-5-14(3,6-2)16-13-15-11-9-7-8-10-12(11)17(13)4/h7-10H,5-6H2,1-4H3,(H,15,16). The molecule has 0 spiro atoms. The summed E-state index contributed by atoms with van der Waals surface area (Å²) < 4.78 is 2.12. The Morgan fingerprint density at radius 3 is 2.47 bits per heavy atom. The van der Waals surface area contributed by atoms with Crippen LogP contribution in [0.25, 0.3) is 11.0 Å². The van der Waals surface area contributed by atoms with E-state index in [4.69, 9.17) is 0 Å². The van der Waals surface area contributed by atoms with Crippen molar-refractivity contribution in [2.24, 2.45) is 7.05 Å². The molecule has 0 aliphatic rings. The van der Waals surface area contributed by atoms with Crippen molar-refractivity contribution in [1.82, 2.24) is 9.55 Å². The summed E-state index contributed by atoms with van der Waals surface area (Å²) in [5.41, 5.74) is 2.34. The van der Waals surface area contributed by atoms with E-state index in [9.17, 15) is 0 Å². The third-order valence-electron chi connectivity index (χ3n) is 3.76. The van der Waals surface area contributed by atoms with Gasteiger partial charge >= 0.3 is 0 Å². The van der Waals surface area contributed by atoms with E-state index >= 15 is 0 Å². The molecule has 0 radical (unpaired) electrons. The van der Waals surface area contributed by atoms with Crippen LogP contribution in [0.1, 0.15) is 33.6 Å². The zero-order valence-electron chi connectivity index (χ0n) is 11.1. The Kier molecular flexibility index (Phi) is 3.09. The van der Waals surface area contributed by atoms with E-state index in [-0.39, 0.29) is 5.54 Å². The molecule has 1 N–H and O–H groups in total. The number of hydrogen-bond acceptors (Lipinski definition) is 2. The Labute approximate surface area is 103 Å². The largest absolute Gasteiger partial charge is 0.351 e. The smallest absolute Gasteiger partial charge is 0.204 e. The van der Waals surface area contributed by atoms with Gasteiger partial charge in [-0.3, -0.25) is 0 Å². The maximum Gasteiger partial charge on any atom is 0.204 e. The molecule has 3 heteroatoms. The van der Waals surface area contributed by atoms with Crippen molar-refractivity contribution >= 4 is 17.0 Å². The molecule has 3 nitrogen and oxygen atoms in total. The molecule has 1 heterocycles. The van der Waals surface area contributed by atoms with Crippen LogP contribution in [-0.4, -0.2) is 15.1 Å². The van der Waals surface area contributed by atoms with Gasteiger partial charge in [0.1, 0.15) is 0 Å². The van der Waals surface area contributed by atoms with Crippen molar-refractivity contribution in [3.8, 4) is 0 Å². The van der Waals surface area contributed by atoms with Gasteiger partial charge in [-0.05, 0) is 31.9 Å². The molecule has 0 amide bonds. The Morgan fingerprint density at radius 2 is 1.88 bits per heavy atom. The Hall–Kier alpha value is -1.51. The fraction of sp³-hybridized carbons (Fsp3) is 0.500. The van der Waals surface area contributed by atoms with E-state index in [0.717, 1.165) is 24.3 Å². The number of fused-ring (bicyclic) bond motifs is 1. The fourth-order valence-corrected chi connectivity index (χ4v) is 1.95. The third kappa shape index (κ3) is 2.14. The van der Waals surface area contributed by atoms with Gasteiger partial charge in [0.2, 0.25) is 5.95 Å². The van der Waals surface area contributed by atoms with E-state index in [2.05, 4.69) is 54.8 Å². The summed E-state index contributed by atoms with van der Waals surface area (Å²) in [6.45, 7) is 6.66. The lowest BCUT2D eigenvalue weighted by atomic mass is 9.96. The lowest BCUT2D eigenvalue weighted by Crippen LogP contribution is -2.34. The number of anilines is 1. The van der Waals surface area contributed by atoms with E-state index in [1.54, 1.807) is 0 Å². The van der Waals surface area contributed by atoms with Crippen LogP contribution in [0.15, 0.2) is 24.3 Å². The van der Waals surface area contributed by atoms with Crippen molar-refractivity contribution in [3.63, 3.8) is 0 Å². The number of aryl methyl sites for hydroxylation is 1. The second kappa shape index (κ2) is 4.40. The summed E-state index contributed by atoms with van der Waals surface area (Å²) in [5, 5.41) is 3.56. The first kappa shape index (κ1) is 12.0. The van der Waals surface area contributed by atoms with Gasteiger partial charge in [-0.1, -0.05) is 26.0 Å². The lowest BCUT2D eigenvalue weighted by molar-refractivity contribution is 0.473. The minimum absolute atomic E-state index is 0.120. The van der Waals surface area contributed by atoms with Crippen LogP contribution in [0.3, 0.4) is 0 Å². The number of hydrogen-bond donors (Lipinski definition) is 1. The molecule has 0 saturated heterocycles. The van der Waals surface area contributed by atoms with Crippen LogP contribution in [0, 0.1) is 0 Å². The van der Waals surface area contributed by atoms with Gasteiger partial charge in [-0.2, -0.15) is 0 Å². The first-order valence-electron chi connectivity index (χ1n) is 6.29. The normalized spacial score (nSPS) is 12.0. The van der Waals surface area contributed by atoms with Crippen LogP contribution < -0.4 is 5.32 Å². The number of para-hydroxylation sites is 2. The number of imidazole rings is 1. The predicted octanol–water partition coefficient (Wildman–Crippen LogP) is 3.56. The Morgan fingerprint density at radius 1 is 1.24 bits per heavy atom. The molecule has 0 aliphatic carbocycles. The number of nitrogens with one attached hydrogen (secondary N) is 1. The van der Waals surface area contributed by atoms with Crippen LogP contribution >= 0.6 is 0 Å². The fourth-order valence-electron chi connectivity index (χ4n) is 1.95. The quantitative estimate of drug-likeness (QED) is 0.872. The zero-order valence-corrected chi connectivity index (χ0v) is 11.1. The van der Waals surface area contributed by atoms with Crippen molar-refractivity contribution in [2.75, 3.05) is 5.32 Å². The first-order chi connectivity index (χ1) is 8.09. The predicted molar refractivity (Wildman–Crippen MR) is 73.3 cm³/mol. The topological polar surface area (TPSA) is 29.9 Å². The third-order valence-corrected chi connectivity index (χ3v) is 3.76. The van der Waals surface area contributed by atoms with E-state index in [1.807, 2.05) is 12.1 Å². The summed E-state index contributed by atoms with van der Waals surface area (Å²) in [6.07, 6.45) is 2.18. The van der Waals surface area contributed by atoms with Crippen LogP contribution in [-0.2, 0) is 7.05 Å². The van der Waals surface area contributed by atoms with Crippen molar-refractivity contribution in [2.45, 2.75) is 39.2 Å². The highest BCUT2D eigenvalue weighted by atomic mass is 15.2. The number of benzene rings is 1. The molecule has 1 aromatic carbocycles. The molecule has 0 fully saturated rings. The van der Waals surface area contributed by atoms with Gasteiger partial charge in [0, 0.05) is 12.6 Å². The highest BCUT2D eigenvalue weighted by molar-refractivity contribution is 5.78. The summed E-state index contributed by atoms with van der Waals surface area (Å²) in [5.74, 6) is 0.956. The van der Waals surface area contributed by atoms with Gasteiger partial charge in [0.25, 0.3) is 0 Å². The maximum absolute atomic E-state index is 4.65. The van der Waals surface area contributed by atoms with Crippen LogP contribution in [0.2, 0.25) is 0 Å². The summed E-state index contributed by atoms with van der Waals surface area (Å²) in [6, 6.07) is 8.23. The molecule has 0 unspecified atom stereocenters. The molecule has 0 saturated carbocycles. The van der Waals surface area contributed by atoms with E-state index in [1.165, 1.54) is 5.52 Å². The molecule has 92 valence electrons. The van der Waals surface area contributed by atoms with Gasteiger partial charge in [-0.15, -0.1) is 0 Å². The van der Waals surface area contributed by atoms with E-state index < -0.39 is 0 Å². The maximum atomic E-state index is 4.65. The minimum Gasteiger partial charge on any atom is -0.351 e. The number of rotatable bonds is 4. The van der Waals surface area contributed by atoms with Crippen molar-refractivity contribution in [1.29, 1.82) is 0 Å². The summed E-state index contributed by atoms with van der Waals surface area (Å²) in [4.78, 5) is 4.65. The number of nitrogens with zero attached hydrogens (tertiary/aromatic N) is 2. The van der Waals surface area contributed by atoms with Gasteiger partial charge < -0.3 is 9.88 Å². The molecule has 2 rings (SSSR count). The summed E-state index contributed by atoms with van der Waals surface area (Å²) >= 11 is 0. The molecule has 2 aromatic rings. The average Bonchev–Trinajstić information content (AvgIpc) is 2.67. The van der Waals surface area contributed by atoms with Gasteiger partial charge in [0.15, 0.2) is 0 Å². The SMILES string of the molecule is CCC(C)(CC)Nc1nc2ccccc2n1C. The second-order valence-corrected chi connectivity index (χ2v) is 4.88. The number of aromatic nitrogens is 2. The van der Waals surface area contributed by atoms with Crippen LogP contribution in [0.5, 0.6) is 0 Å². The molecule has 17 heavy (non-hydrogen) atoms. The monoisotopic (exact) mass is 231 g/mol. The molecule has 0 atom stereocenters. The molecule has 0 bridgehead atoms. The minimum atomic E-state index is 0.120.